The molecule has 0 bridgehead atoms. The lowest BCUT2D eigenvalue weighted by atomic mass is 10.5. The largest absolute Gasteiger partial charge is 0.477 e. The molecule has 7 nitrogen and oxygen atoms in total. The standard InChI is InChI=1S/C14H29O7P5/c1-5-10-24(17)19-25(22,11-6-2)21-26(20-24,12-7-3)23-13(14(15)16)8-9-18-4/h8,22H,5-7,9-12H2,1-4H3,(H,15,16)/b13-8-. The van der Waals surface area contributed by atoms with E-state index in [4.69, 9.17) is 17.7 Å². The monoisotopic (exact) mass is 464 g/mol. The maximum Gasteiger partial charge on any atom is 0.341 e. The number of aliphatic carboxylic acids is 1. The Hall–Kier alpha value is 0.740. The van der Waals surface area contributed by atoms with Crippen LogP contribution in [0.5, 0.6) is 0 Å². The molecule has 26 heavy (non-hydrogen) atoms. The molecule has 1 heterocycles. The summed E-state index contributed by atoms with van der Waals surface area (Å²) in [7, 11) is -3.16. The normalized spacial score (nSPS) is 32.7. The number of carboxylic acid groups (broad SMARTS) is 1. The van der Waals surface area contributed by atoms with Crippen LogP contribution in [0.4, 0.5) is 0 Å². The van der Waals surface area contributed by atoms with Crippen molar-refractivity contribution in [3.05, 3.63) is 11.4 Å². The van der Waals surface area contributed by atoms with E-state index in [0.29, 0.717) is 26.6 Å². The van der Waals surface area contributed by atoms with Crippen molar-refractivity contribution in [1.29, 1.82) is 0 Å². The number of carboxylic acids is 1. The molecule has 3 atom stereocenters. The summed E-state index contributed by atoms with van der Waals surface area (Å²) in [5.74, 6) is -1.06. The molecule has 1 saturated heterocycles. The lowest BCUT2D eigenvalue weighted by molar-refractivity contribution is -0.131. The van der Waals surface area contributed by atoms with E-state index >= 15 is 0 Å². The van der Waals surface area contributed by atoms with Crippen molar-refractivity contribution in [2.75, 3.05) is 32.2 Å². The summed E-state index contributed by atoms with van der Waals surface area (Å²) in [5, 5.41) is 9.69. The van der Waals surface area contributed by atoms with Gasteiger partial charge in [0, 0.05) is 19.4 Å². The SMILES string of the molecule is CCCP1(=O)OP(=P)(CCC)OP(CCC)(=P/C(=C\COC)C(=O)O)O1. The fourth-order valence-electron chi connectivity index (χ4n) is 2.33. The Bertz CT molecular complexity index is 641. The van der Waals surface area contributed by atoms with Crippen molar-refractivity contribution >= 4 is 44.0 Å². The van der Waals surface area contributed by atoms with E-state index in [-0.39, 0.29) is 18.1 Å². The number of carbonyl (C=O) groups is 1. The molecule has 152 valence electrons. The van der Waals surface area contributed by atoms with Gasteiger partial charge in [0.25, 0.3) is 0 Å². The van der Waals surface area contributed by atoms with E-state index in [2.05, 4.69) is 8.53 Å². The second-order valence-corrected chi connectivity index (χ2v) is 18.1. The first kappa shape index (κ1) is 24.8. The molecule has 1 N–H and O–H groups in total. The van der Waals surface area contributed by atoms with Crippen LogP contribution in [0.15, 0.2) is 11.4 Å². The average molecular weight is 464 g/mol. The minimum atomic E-state index is -3.36. The van der Waals surface area contributed by atoms with Gasteiger partial charge in [-0.25, -0.2) is 4.79 Å². The Kier molecular flexibility index (Phi) is 10.5. The number of ether oxygens (including phenoxy) is 1. The van der Waals surface area contributed by atoms with E-state index in [1.54, 1.807) is 0 Å². The van der Waals surface area contributed by atoms with E-state index in [9.17, 15) is 14.5 Å². The molecule has 0 radical (unpaired) electrons. The molecule has 0 spiro atoms. The number of methoxy groups -OCH3 is 1. The summed E-state index contributed by atoms with van der Waals surface area (Å²) >= 11 is 0. The zero-order valence-electron chi connectivity index (χ0n) is 15.7. The molecule has 1 aliphatic heterocycles. The molecule has 1 aliphatic rings. The minimum Gasteiger partial charge on any atom is -0.477 e. The summed E-state index contributed by atoms with van der Waals surface area (Å²) in [6, 6.07) is 0. The van der Waals surface area contributed by atoms with Crippen LogP contribution in [-0.2, 0) is 27.0 Å². The van der Waals surface area contributed by atoms with Gasteiger partial charge < -0.3 is 9.84 Å². The first-order valence-electron chi connectivity index (χ1n) is 8.57. The Labute approximate surface area is 160 Å². The molecule has 0 saturated carbocycles. The van der Waals surface area contributed by atoms with E-state index in [0.717, 1.165) is 12.8 Å². The van der Waals surface area contributed by atoms with Crippen LogP contribution in [0.2, 0.25) is 0 Å². The Morgan fingerprint density at radius 1 is 1.12 bits per heavy atom. The third-order valence-electron chi connectivity index (χ3n) is 3.21. The third kappa shape index (κ3) is 7.29. The number of hydrogen-bond acceptors (Lipinski definition) is 6. The van der Waals surface area contributed by atoms with Crippen molar-refractivity contribution in [2.45, 2.75) is 40.0 Å². The highest BCUT2D eigenvalue weighted by atomic mass is 31.8. The molecule has 1 fully saturated rings. The molecular weight excluding hydrogens is 435 g/mol. The lowest BCUT2D eigenvalue weighted by Gasteiger charge is -2.41. The average Bonchev–Trinajstić information content (AvgIpc) is 2.50. The molecule has 0 aromatic carbocycles. The summed E-state index contributed by atoms with van der Waals surface area (Å²) in [6.45, 7) is 6.05. The van der Waals surface area contributed by atoms with E-state index in [1.165, 1.54) is 13.2 Å². The zero-order chi connectivity index (χ0) is 19.8. The van der Waals surface area contributed by atoms with Gasteiger partial charge >= 0.3 is 13.6 Å². The molecule has 1 rings (SSSR count). The number of hydrogen-bond donors (Lipinski definition) is 1. The van der Waals surface area contributed by atoms with Gasteiger partial charge in [-0.3, -0.25) is 17.5 Å². The predicted octanol–water partition coefficient (Wildman–Crippen LogP) is 6.70. The first-order chi connectivity index (χ1) is 12.2. The van der Waals surface area contributed by atoms with Gasteiger partial charge in [-0.2, -0.15) is 0 Å². The molecule has 0 aromatic rings. The van der Waals surface area contributed by atoms with Gasteiger partial charge in [0.2, 0.25) is 0 Å². The Morgan fingerprint density at radius 2 is 1.73 bits per heavy atom. The Balaban J connectivity index is 3.52. The van der Waals surface area contributed by atoms with Crippen LogP contribution in [0, 0.1) is 0 Å². The molecule has 0 aromatic heterocycles. The van der Waals surface area contributed by atoms with Crippen molar-refractivity contribution in [3.8, 4) is 0 Å². The minimum absolute atomic E-state index is 0.133. The van der Waals surface area contributed by atoms with Crippen LogP contribution >= 0.6 is 38.0 Å². The smallest absolute Gasteiger partial charge is 0.341 e. The fraction of sp³-hybridized carbons (Fsp3) is 0.786. The summed E-state index contributed by atoms with van der Waals surface area (Å²) in [5.41, 5.74) is 0. The maximum absolute atomic E-state index is 13.3. The van der Waals surface area contributed by atoms with Crippen LogP contribution in [-0.4, -0.2) is 43.3 Å². The fourth-order valence-corrected chi connectivity index (χ4v) is 21.6. The van der Waals surface area contributed by atoms with Gasteiger partial charge in [0.05, 0.1) is 18.1 Å². The summed E-state index contributed by atoms with van der Waals surface area (Å²) in [6.07, 6.45) is 5.05. The van der Waals surface area contributed by atoms with Crippen LogP contribution in [0.3, 0.4) is 0 Å². The topological polar surface area (TPSA) is 91.3 Å². The first-order valence-corrected chi connectivity index (χ1v) is 16.9. The van der Waals surface area contributed by atoms with Crippen LogP contribution in [0.1, 0.15) is 40.0 Å². The maximum atomic E-state index is 13.3. The van der Waals surface area contributed by atoms with Crippen molar-refractivity contribution in [2.24, 2.45) is 0 Å². The highest BCUT2D eigenvalue weighted by molar-refractivity contribution is 8.10. The highest BCUT2D eigenvalue weighted by Gasteiger charge is 2.45. The predicted molar refractivity (Wildman–Crippen MR) is 113 cm³/mol. The summed E-state index contributed by atoms with van der Waals surface area (Å²) < 4.78 is 36.4. The van der Waals surface area contributed by atoms with Gasteiger partial charge in [-0.1, -0.05) is 29.3 Å². The van der Waals surface area contributed by atoms with Crippen LogP contribution in [0.25, 0.3) is 0 Å². The lowest BCUT2D eigenvalue weighted by Crippen LogP contribution is -2.09. The Morgan fingerprint density at radius 3 is 2.23 bits per heavy atom. The summed E-state index contributed by atoms with van der Waals surface area (Å²) in [4.78, 5) is 11.7. The van der Waals surface area contributed by atoms with Gasteiger partial charge in [0.1, 0.15) is 0 Å². The molecular formula is C14H29O7P5. The van der Waals surface area contributed by atoms with Crippen molar-refractivity contribution in [3.63, 3.8) is 0 Å². The second-order valence-electron chi connectivity index (χ2n) is 5.79. The molecule has 0 amide bonds. The van der Waals surface area contributed by atoms with Crippen LogP contribution < -0.4 is 0 Å². The highest BCUT2D eigenvalue weighted by Crippen LogP contribution is 2.87. The quantitative estimate of drug-likeness (QED) is 0.284. The van der Waals surface area contributed by atoms with Crippen molar-refractivity contribution < 1.29 is 32.1 Å². The molecule has 3 unspecified atom stereocenters. The van der Waals surface area contributed by atoms with Gasteiger partial charge in [-0.15, -0.1) is 0 Å². The number of rotatable bonds is 10. The molecule has 12 heteroatoms. The van der Waals surface area contributed by atoms with E-state index < -0.39 is 27.6 Å². The molecule has 0 aliphatic carbocycles. The van der Waals surface area contributed by atoms with E-state index in [1.807, 2.05) is 20.8 Å². The second kappa shape index (κ2) is 11.1. The van der Waals surface area contributed by atoms with Gasteiger partial charge in [-0.05, 0) is 33.2 Å². The zero-order valence-corrected chi connectivity index (χ0v) is 20.3. The van der Waals surface area contributed by atoms with Gasteiger partial charge in [0.15, 0.2) is 14.0 Å². The van der Waals surface area contributed by atoms with Crippen molar-refractivity contribution in [1.82, 2.24) is 0 Å². The third-order valence-corrected chi connectivity index (χ3v) is 18.9.